The van der Waals surface area contributed by atoms with E-state index >= 15 is 0 Å². The molecule has 2 amide bonds. The van der Waals surface area contributed by atoms with Gasteiger partial charge in [-0.2, -0.15) is 14.8 Å². The van der Waals surface area contributed by atoms with Gasteiger partial charge in [-0.25, -0.2) is 9.78 Å². The van der Waals surface area contributed by atoms with Crippen molar-refractivity contribution in [3.63, 3.8) is 0 Å². The second-order valence-electron chi connectivity index (χ2n) is 14.3. The van der Waals surface area contributed by atoms with Gasteiger partial charge in [0.1, 0.15) is 42.1 Å². The van der Waals surface area contributed by atoms with Crippen LogP contribution in [0, 0.1) is 0 Å². The van der Waals surface area contributed by atoms with Crippen LogP contribution < -0.4 is 20.9 Å². The maximum absolute atomic E-state index is 12.9. The molecule has 19 heteroatoms. The number of phenols is 3. The van der Waals surface area contributed by atoms with Crippen LogP contribution in [0.25, 0.3) is 11.2 Å². The summed E-state index contributed by atoms with van der Waals surface area (Å²) in [5.74, 6) is 0.992. The van der Waals surface area contributed by atoms with Crippen molar-refractivity contribution in [3.8, 4) is 17.2 Å². The van der Waals surface area contributed by atoms with Crippen LogP contribution in [0.1, 0.15) is 53.4 Å². The molecule has 4 heterocycles. The Labute approximate surface area is 325 Å². The zero-order chi connectivity index (χ0) is 39.6. The number of nitrogens with one attached hydrogen (secondary N) is 3. The molecular weight excluding hydrogens is 736 g/mol. The predicted molar refractivity (Wildman–Crippen MR) is 204 cm³/mol. The van der Waals surface area contributed by atoms with Crippen LogP contribution in [0.2, 0.25) is 0 Å². The van der Waals surface area contributed by atoms with Gasteiger partial charge in [0.2, 0.25) is 5.95 Å². The van der Waals surface area contributed by atoms with E-state index in [0.29, 0.717) is 49.0 Å². The standard InChI is InChI=1S/C38H42N12O7/c51-19-31-45-47-50(46-31)30-15-29(33(55)34(30)56)49-20-41-32-35(39-17-28(22-4-8-25(52)9-5-22)23-6-10-26(53)11-7-23)43-37(44-36(32)49)48-13-12-24(18-48)42-38(57)40-16-21-2-1-3-27(54)14-21/h1-11,14,20,24,28-30,33-34,51-56H,12-13,15-19H2,(H,39,43,44)(H2,40,42,57)/t24?,29-,30+,33+,34-/m1/s1. The first kappa shape index (κ1) is 37.4. The summed E-state index contributed by atoms with van der Waals surface area (Å²) in [6, 6.07) is 18.4. The molecule has 3 aromatic heterocycles. The monoisotopic (exact) mass is 778 g/mol. The lowest BCUT2D eigenvalue weighted by atomic mass is 9.91. The molecule has 1 saturated carbocycles. The molecule has 1 aliphatic heterocycles. The van der Waals surface area contributed by atoms with Crippen LogP contribution in [0.15, 0.2) is 79.1 Å². The van der Waals surface area contributed by atoms with E-state index in [4.69, 9.17) is 15.0 Å². The van der Waals surface area contributed by atoms with Crippen molar-refractivity contribution in [2.45, 2.75) is 62.2 Å². The molecule has 19 nitrogen and oxygen atoms in total. The van der Waals surface area contributed by atoms with Crippen LogP contribution in [0.4, 0.5) is 16.6 Å². The van der Waals surface area contributed by atoms with E-state index in [0.717, 1.165) is 16.7 Å². The molecule has 57 heavy (non-hydrogen) atoms. The number of aromatic hydroxyl groups is 3. The van der Waals surface area contributed by atoms with E-state index in [1.54, 1.807) is 53.4 Å². The number of amides is 2. The summed E-state index contributed by atoms with van der Waals surface area (Å²) in [5, 5.41) is 83.0. The Kier molecular flexibility index (Phi) is 10.4. The van der Waals surface area contributed by atoms with E-state index in [9.17, 15) is 35.4 Å². The number of aliphatic hydroxyl groups excluding tert-OH is 3. The number of hydrogen-bond donors (Lipinski definition) is 9. The van der Waals surface area contributed by atoms with Gasteiger partial charge in [0, 0.05) is 38.1 Å². The lowest BCUT2D eigenvalue weighted by Gasteiger charge is -2.22. The lowest BCUT2D eigenvalue weighted by molar-refractivity contribution is 0.00469. The number of benzene rings is 3. The fraction of sp³-hybridized carbons (Fsp3) is 0.342. The van der Waals surface area contributed by atoms with Crippen molar-refractivity contribution in [3.05, 3.63) is 102 Å². The largest absolute Gasteiger partial charge is 0.508 e. The average Bonchev–Trinajstić information content (AvgIpc) is 4.03. The predicted octanol–water partition coefficient (Wildman–Crippen LogP) is 1.65. The highest BCUT2D eigenvalue weighted by molar-refractivity contribution is 5.84. The Bertz CT molecular complexity index is 2290. The third-order valence-corrected chi connectivity index (χ3v) is 10.5. The molecule has 0 bridgehead atoms. The molecular formula is C38H42N12O7. The van der Waals surface area contributed by atoms with Crippen molar-refractivity contribution in [1.82, 2.24) is 50.4 Å². The first-order valence-electron chi connectivity index (χ1n) is 18.5. The second-order valence-corrected chi connectivity index (χ2v) is 14.3. The molecule has 296 valence electrons. The molecule has 6 aromatic rings. The zero-order valence-corrected chi connectivity index (χ0v) is 30.5. The maximum atomic E-state index is 12.9. The van der Waals surface area contributed by atoms with Gasteiger partial charge < -0.3 is 56.1 Å². The summed E-state index contributed by atoms with van der Waals surface area (Å²) in [5.41, 5.74) is 3.37. The molecule has 2 aliphatic rings. The number of fused-ring (bicyclic) bond motifs is 1. The first-order chi connectivity index (χ1) is 27.6. The number of carbonyl (C=O) groups excluding carboxylic acids is 1. The van der Waals surface area contributed by atoms with Gasteiger partial charge >= 0.3 is 6.03 Å². The van der Waals surface area contributed by atoms with Gasteiger partial charge in [-0.05, 0) is 71.1 Å². The molecule has 1 aliphatic carbocycles. The van der Waals surface area contributed by atoms with Crippen molar-refractivity contribution >= 4 is 29.0 Å². The molecule has 8 rings (SSSR count). The van der Waals surface area contributed by atoms with Crippen molar-refractivity contribution in [2.75, 3.05) is 29.9 Å². The fourth-order valence-corrected chi connectivity index (χ4v) is 7.55. The summed E-state index contributed by atoms with van der Waals surface area (Å²) in [4.78, 5) is 30.6. The average molecular weight is 779 g/mol. The number of urea groups is 1. The lowest BCUT2D eigenvalue weighted by Crippen LogP contribution is -2.43. The minimum atomic E-state index is -1.26. The molecule has 0 radical (unpaired) electrons. The molecule has 5 atom stereocenters. The molecule has 2 fully saturated rings. The Hall–Kier alpha value is -6.57. The van der Waals surface area contributed by atoms with E-state index in [2.05, 4.69) is 31.4 Å². The second kappa shape index (κ2) is 15.9. The highest BCUT2D eigenvalue weighted by Gasteiger charge is 2.45. The number of imidazole rings is 1. The molecule has 9 N–H and O–H groups in total. The van der Waals surface area contributed by atoms with Gasteiger partial charge in [0.25, 0.3) is 0 Å². The van der Waals surface area contributed by atoms with E-state index in [1.807, 2.05) is 35.2 Å². The normalized spacial score (nSPS) is 20.7. The summed E-state index contributed by atoms with van der Waals surface area (Å²) in [6.45, 7) is 1.07. The third kappa shape index (κ3) is 7.93. The minimum Gasteiger partial charge on any atom is -0.508 e. The topological polar surface area (TPSA) is 265 Å². The van der Waals surface area contributed by atoms with Gasteiger partial charge in [0.05, 0.1) is 12.4 Å². The Balaban J connectivity index is 1.08. The Morgan fingerprint density at radius 1 is 0.895 bits per heavy atom. The van der Waals surface area contributed by atoms with Crippen LogP contribution in [0.3, 0.4) is 0 Å². The molecule has 3 aromatic carbocycles. The number of tetrazole rings is 1. The number of aromatic nitrogens is 8. The minimum absolute atomic E-state index is 0.0894. The number of nitrogens with zero attached hydrogens (tertiary/aromatic N) is 9. The molecule has 0 spiro atoms. The first-order valence-corrected chi connectivity index (χ1v) is 18.5. The van der Waals surface area contributed by atoms with E-state index in [-0.39, 0.29) is 54.0 Å². The highest BCUT2D eigenvalue weighted by Crippen LogP contribution is 2.40. The van der Waals surface area contributed by atoms with Crippen LogP contribution in [-0.4, -0.2) is 114 Å². The number of rotatable bonds is 12. The Morgan fingerprint density at radius 2 is 1.61 bits per heavy atom. The number of carbonyl (C=O) groups is 1. The SMILES string of the molecule is O=C(NCc1cccc(O)c1)NC1CCN(c2nc(NCC(c3ccc(O)cc3)c3ccc(O)cc3)c3ncn([C@@H]4C[C@H](n5nnc(CO)n5)[C@@H](O)[C@H]4O)c3n2)C1. The molecule has 1 saturated heterocycles. The molecule has 1 unspecified atom stereocenters. The van der Waals surface area contributed by atoms with Gasteiger partial charge in [0.15, 0.2) is 22.8 Å². The fourth-order valence-electron chi connectivity index (χ4n) is 7.55. The van der Waals surface area contributed by atoms with E-state index < -0.39 is 30.9 Å². The summed E-state index contributed by atoms with van der Waals surface area (Å²) in [7, 11) is 0. The van der Waals surface area contributed by atoms with Crippen molar-refractivity contribution in [2.24, 2.45) is 0 Å². The number of hydrogen-bond acceptors (Lipinski definition) is 15. The van der Waals surface area contributed by atoms with Crippen LogP contribution >= 0.6 is 0 Å². The summed E-state index contributed by atoms with van der Waals surface area (Å²) < 4.78 is 1.71. The van der Waals surface area contributed by atoms with Crippen molar-refractivity contribution in [1.29, 1.82) is 0 Å². The van der Waals surface area contributed by atoms with Crippen LogP contribution in [-0.2, 0) is 13.2 Å². The van der Waals surface area contributed by atoms with Gasteiger partial charge in [-0.15, -0.1) is 10.2 Å². The number of phenolic OH excluding ortho intramolecular Hbond substituents is 3. The highest BCUT2D eigenvalue weighted by atomic mass is 16.3. The summed E-state index contributed by atoms with van der Waals surface area (Å²) >= 11 is 0. The van der Waals surface area contributed by atoms with Gasteiger partial charge in [-0.1, -0.05) is 36.4 Å². The van der Waals surface area contributed by atoms with E-state index in [1.165, 1.54) is 4.80 Å². The zero-order valence-electron chi connectivity index (χ0n) is 30.5. The quantitative estimate of drug-likeness (QED) is 0.0855. The third-order valence-electron chi connectivity index (χ3n) is 10.5. The number of aliphatic hydroxyl groups is 3. The summed E-state index contributed by atoms with van der Waals surface area (Å²) in [6.07, 6.45) is -0.143. The smallest absolute Gasteiger partial charge is 0.315 e. The number of anilines is 2. The maximum Gasteiger partial charge on any atom is 0.315 e. The van der Waals surface area contributed by atoms with Crippen molar-refractivity contribution < 1.29 is 35.4 Å². The van der Waals surface area contributed by atoms with Gasteiger partial charge in [-0.3, -0.25) is 0 Å². The Morgan fingerprint density at radius 3 is 2.30 bits per heavy atom. The van der Waals surface area contributed by atoms with Crippen LogP contribution in [0.5, 0.6) is 17.2 Å².